The number of thioether (sulfide) groups is 1. The van der Waals surface area contributed by atoms with E-state index in [2.05, 4.69) is 21.8 Å². The molecule has 1 fully saturated rings. The van der Waals surface area contributed by atoms with Gasteiger partial charge in [0.25, 0.3) is 5.88 Å². The van der Waals surface area contributed by atoms with Crippen molar-refractivity contribution in [3.8, 4) is 17.4 Å². The Hall–Kier alpha value is -2.90. The van der Waals surface area contributed by atoms with Crippen LogP contribution >= 0.6 is 23.4 Å². The van der Waals surface area contributed by atoms with Gasteiger partial charge in [0.2, 0.25) is 0 Å². The van der Waals surface area contributed by atoms with Crippen LogP contribution in [0, 0.1) is 6.92 Å². The van der Waals surface area contributed by atoms with E-state index in [1.807, 2.05) is 25.1 Å². The van der Waals surface area contributed by atoms with Crippen LogP contribution in [0.15, 0.2) is 60.3 Å². The van der Waals surface area contributed by atoms with Gasteiger partial charge in [0.05, 0.1) is 5.56 Å². The Morgan fingerprint density at radius 1 is 1.29 bits per heavy atom. The highest BCUT2D eigenvalue weighted by Crippen LogP contribution is 2.47. The molecule has 2 heterocycles. The number of hydrogen-bond donors (Lipinski definition) is 0. The third kappa shape index (κ3) is 5.06. The van der Waals surface area contributed by atoms with Crippen molar-refractivity contribution < 1.29 is 14.3 Å². The number of benzene rings is 1. The molecule has 0 spiro atoms. The molecule has 6 nitrogen and oxygen atoms in total. The minimum Gasteiger partial charge on any atom is -0.434 e. The fourth-order valence-electron chi connectivity index (χ4n) is 3.07. The van der Waals surface area contributed by atoms with Crippen LogP contribution < -0.4 is 9.47 Å². The summed E-state index contributed by atoms with van der Waals surface area (Å²) in [6.45, 7) is 5.67. The summed E-state index contributed by atoms with van der Waals surface area (Å²) >= 11 is 7.42. The average molecular weight is 454 g/mol. The summed E-state index contributed by atoms with van der Waals surface area (Å²) in [5.74, 6) is 1.40. The standard InChI is InChI=1S/C23H20ClN3O3S/c1-3-12-31-22-17(8-5-11-25-22)23(28)29-18-13-19(24)26-27-21(18)30-20-14(2)6-4-7-16(20)15-9-10-15/h3-8,11,13,15H,1,9-10,12H2,2H3. The molecule has 0 radical (unpaired) electrons. The molecule has 0 amide bonds. The molecule has 31 heavy (non-hydrogen) atoms. The topological polar surface area (TPSA) is 74.2 Å². The maximum Gasteiger partial charge on any atom is 0.346 e. The van der Waals surface area contributed by atoms with Gasteiger partial charge in [-0.25, -0.2) is 9.78 Å². The average Bonchev–Trinajstić information content (AvgIpc) is 3.61. The number of pyridine rings is 1. The molecule has 1 saturated carbocycles. The monoisotopic (exact) mass is 453 g/mol. The van der Waals surface area contributed by atoms with Gasteiger partial charge in [0.1, 0.15) is 10.8 Å². The number of esters is 1. The predicted octanol–water partition coefficient (Wildman–Crippen LogP) is 6.00. The Morgan fingerprint density at radius 3 is 2.90 bits per heavy atom. The first-order valence-corrected chi connectivity index (χ1v) is 11.1. The second-order valence-corrected chi connectivity index (χ2v) is 8.45. The van der Waals surface area contributed by atoms with Crippen molar-refractivity contribution in [3.05, 3.63) is 77.1 Å². The predicted molar refractivity (Wildman–Crippen MR) is 120 cm³/mol. The van der Waals surface area contributed by atoms with Gasteiger partial charge in [-0.1, -0.05) is 35.9 Å². The largest absolute Gasteiger partial charge is 0.434 e. The van der Waals surface area contributed by atoms with E-state index in [1.54, 1.807) is 24.4 Å². The molecule has 8 heteroatoms. The minimum atomic E-state index is -0.583. The number of aromatic nitrogens is 3. The molecular formula is C23H20ClN3O3S. The molecule has 3 aromatic rings. The molecule has 0 aliphatic heterocycles. The summed E-state index contributed by atoms with van der Waals surface area (Å²) in [4.78, 5) is 17.2. The molecule has 1 aromatic carbocycles. The highest BCUT2D eigenvalue weighted by atomic mass is 35.5. The number of hydrogen-bond acceptors (Lipinski definition) is 7. The van der Waals surface area contributed by atoms with Crippen molar-refractivity contribution >= 4 is 29.3 Å². The van der Waals surface area contributed by atoms with E-state index in [0.717, 1.165) is 24.0 Å². The highest BCUT2D eigenvalue weighted by molar-refractivity contribution is 7.99. The summed E-state index contributed by atoms with van der Waals surface area (Å²) < 4.78 is 11.7. The third-order valence-electron chi connectivity index (χ3n) is 4.69. The summed E-state index contributed by atoms with van der Waals surface area (Å²) in [5.41, 5.74) is 2.42. The smallest absolute Gasteiger partial charge is 0.346 e. The van der Waals surface area contributed by atoms with Crippen LogP contribution in [0.1, 0.15) is 40.2 Å². The number of halogens is 1. The second-order valence-electron chi connectivity index (χ2n) is 7.05. The van der Waals surface area contributed by atoms with E-state index >= 15 is 0 Å². The van der Waals surface area contributed by atoms with Crippen LogP contribution in [0.2, 0.25) is 5.15 Å². The molecule has 0 atom stereocenters. The first-order chi connectivity index (χ1) is 15.1. The molecule has 1 aliphatic rings. The van der Waals surface area contributed by atoms with Crippen molar-refractivity contribution in [2.75, 3.05) is 5.75 Å². The van der Waals surface area contributed by atoms with Crippen LogP contribution in [-0.4, -0.2) is 26.9 Å². The number of carbonyl (C=O) groups excluding carboxylic acids is 1. The number of rotatable bonds is 8. The fraction of sp³-hybridized carbons (Fsp3) is 0.217. The van der Waals surface area contributed by atoms with Crippen molar-refractivity contribution in [2.45, 2.75) is 30.7 Å². The van der Waals surface area contributed by atoms with Crippen LogP contribution in [0.5, 0.6) is 17.4 Å². The fourth-order valence-corrected chi connectivity index (χ4v) is 3.92. The zero-order valence-electron chi connectivity index (χ0n) is 16.9. The lowest BCUT2D eigenvalue weighted by molar-refractivity contribution is 0.0724. The summed E-state index contributed by atoms with van der Waals surface area (Å²) in [6.07, 6.45) is 5.62. The highest BCUT2D eigenvalue weighted by Gasteiger charge is 2.28. The lowest BCUT2D eigenvalue weighted by atomic mass is 10.1. The van der Waals surface area contributed by atoms with Gasteiger partial charge in [-0.2, -0.15) is 0 Å². The summed E-state index contributed by atoms with van der Waals surface area (Å²) in [6, 6.07) is 10.8. The Labute approximate surface area is 189 Å². The normalized spacial score (nSPS) is 13.0. The Bertz CT molecular complexity index is 1130. The number of aryl methyl sites for hydroxylation is 1. The van der Waals surface area contributed by atoms with Crippen molar-refractivity contribution in [2.24, 2.45) is 0 Å². The van der Waals surface area contributed by atoms with E-state index in [-0.39, 0.29) is 16.8 Å². The zero-order valence-corrected chi connectivity index (χ0v) is 18.4. The van der Waals surface area contributed by atoms with Gasteiger partial charge in [-0.3, -0.25) is 0 Å². The van der Waals surface area contributed by atoms with E-state index < -0.39 is 5.97 Å². The van der Waals surface area contributed by atoms with Crippen LogP contribution in [-0.2, 0) is 0 Å². The maximum absolute atomic E-state index is 12.9. The quantitative estimate of drug-likeness (QED) is 0.235. The van der Waals surface area contributed by atoms with Gasteiger partial charge in [0, 0.05) is 18.0 Å². The van der Waals surface area contributed by atoms with E-state index in [9.17, 15) is 4.79 Å². The van der Waals surface area contributed by atoms with Crippen molar-refractivity contribution in [1.82, 2.24) is 15.2 Å². The second kappa shape index (κ2) is 9.49. The number of carbonyl (C=O) groups is 1. The van der Waals surface area contributed by atoms with E-state index in [1.165, 1.54) is 17.8 Å². The van der Waals surface area contributed by atoms with Gasteiger partial charge in [-0.15, -0.1) is 28.5 Å². The van der Waals surface area contributed by atoms with Crippen LogP contribution in [0.25, 0.3) is 0 Å². The van der Waals surface area contributed by atoms with Crippen LogP contribution in [0.3, 0.4) is 0 Å². The van der Waals surface area contributed by atoms with Crippen molar-refractivity contribution in [1.29, 1.82) is 0 Å². The number of para-hydroxylation sites is 1. The molecule has 0 unspecified atom stereocenters. The molecule has 0 bridgehead atoms. The van der Waals surface area contributed by atoms with Gasteiger partial charge >= 0.3 is 5.97 Å². The third-order valence-corrected chi connectivity index (χ3v) is 5.87. The van der Waals surface area contributed by atoms with Crippen molar-refractivity contribution in [3.63, 3.8) is 0 Å². The van der Waals surface area contributed by atoms with Gasteiger partial charge in [0.15, 0.2) is 10.9 Å². The maximum atomic E-state index is 12.9. The molecular weight excluding hydrogens is 434 g/mol. The SMILES string of the molecule is C=CCSc1ncccc1C(=O)Oc1cc(Cl)nnc1Oc1c(C)cccc1C1CC1. The molecule has 158 valence electrons. The van der Waals surface area contributed by atoms with E-state index in [0.29, 0.717) is 28.0 Å². The van der Waals surface area contributed by atoms with E-state index in [4.69, 9.17) is 21.1 Å². The molecule has 4 rings (SSSR count). The zero-order chi connectivity index (χ0) is 21.8. The Morgan fingerprint density at radius 2 is 2.13 bits per heavy atom. The molecule has 0 saturated heterocycles. The van der Waals surface area contributed by atoms with Crippen LogP contribution in [0.4, 0.5) is 0 Å². The minimum absolute atomic E-state index is 0.0816. The lowest BCUT2D eigenvalue weighted by Gasteiger charge is -2.15. The van der Waals surface area contributed by atoms with Gasteiger partial charge < -0.3 is 9.47 Å². The summed E-state index contributed by atoms with van der Waals surface area (Å²) in [7, 11) is 0. The first-order valence-electron chi connectivity index (χ1n) is 9.78. The Kier molecular flexibility index (Phi) is 6.53. The summed E-state index contributed by atoms with van der Waals surface area (Å²) in [5, 5.41) is 8.55. The molecule has 2 aromatic heterocycles. The Balaban J connectivity index is 1.63. The van der Waals surface area contributed by atoms with Gasteiger partial charge in [-0.05, 0) is 48.9 Å². The number of nitrogens with zero attached hydrogens (tertiary/aromatic N) is 3. The first kappa shape index (κ1) is 21.3. The molecule has 1 aliphatic carbocycles. The molecule has 0 N–H and O–H groups in total. The lowest BCUT2D eigenvalue weighted by Crippen LogP contribution is -2.12. The number of ether oxygens (including phenoxy) is 2.